The molecule has 3 atom stereocenters. The Kier molecular flexibility index (Phi) is 5.19. The lowest BCUT2D eigenvalue weighted by molar-refractivity contribution is -0.383. The predicted octanol–water partition coefficient (Wildman–Crippen LogP) is 1.17. The molecule has 0 radical (unpaired) electrons. The van der Waals surface area contributed by atoms with Crippen LogP contribution in [-0.4, -0.2) is 59.4 Å². The Morgan fingerprint density at radius 3 is 2.68 bits per heavy atom. The van der Waals surface area contributed by atoms with E-state index in [2.05, 4.69) is 15.3 Å². The third-order valence-corrected chi connectivity index (χ3v) is 4.31. The fourth-order valence-electron chi connectivity index (χ4n) is 3.26. The van der Waals surface area contributed by atoms with Crippen molar-refractivity contribution in [2.24, 2.45) is 0 Å². The standard InChI is InChI=1S/C15H24N6O4/c1-9-7-20(8-10(2)25-9)15-18-13(16)12(21(22)23)14(19-15)17-6-11-4-3-5-24-11/h9-11H,3-8H2,1-2H3,(H3,16,17,18,19)/t9-,10-,11+/m1/s1. The minimum Gasteiger partial charge on any atom is -0.378 e. The van der Waals surface area contributed by atoms with E-state index in [1.165, 1.54) is 0 Å². The number of nitrogen functional groups attached to an aromatic ring is 1. The van der Waals surface area contributed by atoms with Crippen LogP contribution in [0.4, 0.5) is 23.3 Å². The Bertz CT molecular complexity index is 627. The van der Waals surface area contributed by atoms with Crippen LogP contribution in [0.1, 0.15) is 26.7 Å². The van der Waals surface area contributed by atoms with Gasteiger partial charge >= 0.3 is 5.69 Å². The largest absolute Gasteiger partial charge is 0.378 e. The van der Waals surface area contributed by atoms with E-state index in [-0.39, 0.29) is 35.6 Å². The van der Waals surface area contributed by atoms with Gasteiger partial charge in [0.25, 0.3) is 0 Å². The van der Waals surface area contributed by atoms with E-state index < -0.39 is 4.92 Å². The van der Waals surface area contributed by atoms with Gasteiger partial charge in [0.1, 0.15) is 0 Å². The van der Waals surface area contributed by atoms with Crippen LogP contribution in [0.15, 0.2) is 0 Å². The lowest BCUT2D eigenvalue weighted by Crippen LogP contribution is -2.46. The maximum Gasteiger partial charge on any atom is 0.353 e. The normalized spacial score (nSPS) is 26.6. The molecule has 3 heterocycles. The van der Waals surface area contributed by atoms with Gasteiger partial charge in [-0.1, -0.05) is 0 Å². The van der Waals surface area contributed by atoms with Gasteiger partial charge in [-0.15, -0.1) is 0 Å². The zero-order valence-corrected chi connectivity index (χ0v) is 14.5. The molecule has 2 aliphatic rings. The molecule has 2 aliphatic heterocycles. The summed E-state index contributed by atoms with van der Waals surface area (Å²) in [6, 6.07) is 0. The van der Waals surface area contributed by atoms with Crippen LogP contribution >= 0.6 is 0 Å². The molecule has 10 heteroatoms. The number of hydrogen-bond acceptors (Lipinski definition) is 9. The van der Waals surface area contributed by atoms with Crippen molar-refractivity contribution < 1.29 is 14.4 Å². The highest BCUT2D eigenvalue weighted by atomic mass is 16.6. The maximum atomic E-state index is 11.4. The molecule has 0 aliphatic carbocycles. The number of hydrogen-bond donors (Lipinski definition) is 2. The van der Waals surface area contributed by atoms with Crippen molar-refractivity contribution >= 4 is 23.3 Å². The smallest absolute Gasteiger partial charge is 0.353 e. The molecule has 1 aromatic heterocycles. The number of nitrogens with zero attached hydrogens (tertiary/aromatic N) is 4. The van der Waals surface area contributed by atoms with Crippen molar-refractivity contribution in [3.63, 3.8) is 0 Å². The van der Waals surface area contributed by atoms with Crippen LogP contribution in [0.2, 0.25) is 0 Å². The zero-order valence-electron chi connectivity index (χ0n) is 14.5. The Morgan fingerprint density at radius 2 is 2.08 bits per heavy atom. The summed E-state index contributed by atoms with van der Waals surface area (Å²) >= 11 is 0. The molecular formula is C15H24N6O4. The van der Waals surface area contributed by atoms with Crippen LogP contribution in [0, 0.1) is 10.1 Å². The summed E-state index contributed by atoms with van der Waals surface area (Å²) < 4.78 is 11.3. The molecule has 0 amide bonds. The molecule has 0 saturated carbocycles. The minimum absolute atomic E-state index is 0.0204. The quantitative estimate of drug-likeness (QED) is 0.592. The molecule has 0 spiro atoms. The summed E-state index contributed by atoms with van der Waals surface area (Å²) in [6.45, 7) is 6.31. The summed E-state index contributed by atoms with van der Waals surface area (Å²) in [5, 5.41) is 14.4. The van der Waals surface area contributed by atoms with Gasteiger partial charge in [-0.25, -0.2) is 0 Å². The summed E-state index contributed by atoms with van der Waals surface area (Å²) in [7, 11) is 0. The van der Waals surface area contributed by atoms with Gasteiger partial charge in [0, 0.05) is 26.2 Å². The van der Waals surface area contributed by atoms with E-state index in [0.717, 1.165) is 19.4 Å². The van der Waals surface area contributed by atoms with Crippen LogP contribution in [0.25, 0.3) is 0 Å². The van der Waals surface area contributed by atoms with Gasteiger partial charge in [0.05, 0.1) is 23.2 Å². The van der Waals surface area contributed by atoms with Crippen LogP contribution < -0.4 is 16.0 Å². The molecule has 3 N–H and O–H groups in total. The highest BCUT2D eigenvalue weighted by Gasteiger charge is 2.29. The third kappa shape index (κ3) is 4.07. The summed E-state index contributed by atoms with van der Waals surface area (Å²) in [4.78, 5) is 21.3. The average Bonchev–Trinajstić information content (AvgIpc) is 3.04. The Balaban J connectivity index is 1.85. The monoisotopic (exact) mass is 352 g/mol. The molecule has 2 saturated heterocycles. The fourth-order valence-corrected chi connectivity index (χ4v) is 3.26. The van der Waals surface area contributed by atoms with Gasteiger partial charge in [-0.3, -0.25) is 10.1 Å². The molecule has 0 bridgehead atoms. The van der Waals surface area contributed by atoms with Crippen LogP contribution in [0.3, 0.4) is 0 Å². The highest BCUT2D eigenvalue weighted by molar-refractivity contribution is 5.70. The van der Waals surface area contributed by atoms with Gasteiger partial charge in [-0.2, -0.15) is 9.97 Å². The molecule has 3 rings (SSSR count). The first kappa shape index (κ1) is 17.6. The SMILES string of the molecule is C[C@@H]1CN(c2nc(N)c([N+](=O)[O-])c(NC[C@@H]3CCCO3)n2)C[C@@H](C)O1. The number of nitrogens with one attached hydrogen (secondary N) is 1. The number of nitrogens with two attached hydrogens (primary N) is 1. The predicted molar refractivity (Wildman–Crippen MR) is 92.8 cm³/mol. The van der Waals surface area contributed by atoms with Crippen molar-refractivity contribution in [2.75, 3.05) is 42.2 Å². The second-order valence-electron chi connectivity index (χ2n) is 6.54. The zero-order chi connectivity index (χ0) is 18.0. The Labute approximate surface area is 145 Å². The first-order valence-electron chi connectivity index (χ1n) is 8.51. The van der Waals surface area contributed by atoms with Crippen LogP contribution in [-0.2, 0) is 9.47 Å². The molecule has 25 heavy (non-hydrogen) atoms. The van der Waals surface area contributed by atoms with E-state index in [4.69, 9.17) is 15.2 Å². The molecule has 2 fully saturated rings. The molecule has 138 valence electrons. The first-order valence-corrected chi connectivity index (χ1v) is 8.51. The molecular weight excluding hydrogens is 328 g/mol. The Hall–Kier alpha value is -2.20. The lowest BCUT2D eigenvalue weighted by Gasteiger charge is -2.35. The van der Waals surface area contributed by atoms with Crippen molar-refractivity contribution in [3.05, 3.63) is 10.1 Å². The summed E-state index contributed by atoms with van der Waals surface area (Å²) in [6.07, 6.45) is 1.99. The second kappa shape index (κ2) is 7.36. The second-order valence-corrected chi connectivity index (χ2v) is 6.54. The van der Waals surface area contributed by atoms with E-state index in [9.17, 15) is 10.1 Å². The molecule has 10 nitrogen and oxygen atoms in total. The molecule has 1 aromatic rings. The maximum absolute atomic E-state index is 11.4. The first-order chi connectivity index (χ1) is 11.9. The lowest BCUT2D eigenvalue weighted by atomic mass is 10.2. The third-order valence-electron chi connectivity index (χ3n) is 4.31. The van der Waals surface area contributed by atoms with E-state index in [1.807, 2.05) is 18.7 Å². The topological polar surface area (TPSA) is 129 Å². The number of morpholine rings is 1. The van der Waals surface area contributed by atoms with E-state index in [0.29, 0.717) is 25.6 Å². The van der Waals surface area contributed by atoms with E-state index >= 15 is 0 Å². The number of aromatic nitrogens is 2. The van der Waals surface area contributed by atoms with Crippen LogP contribution in [0.5, 0.6) is 0 Å². The van der Waals surface area contributed by atoms with Gasteiger partial charge in [0.2, 0.25) is 17.6 Å². The highest BCUT2D eigenvalue weighted by Crippen LogP contribution is 2.31. The van der Waals surface area contributed by atoms with Gasteiger partial charge in [0.15, 0.2) is 0 Å². The van der Waals surface area contributed by atoms with Crippen molar-refractivity contribution in [3.8, 4) is 0 Å². The average molecular weight is 352 g/mol. The number of rotatable bonds is 5. The van der Waals surface area contributed by atoms with Crippen molar-refractivity contribution in [2.45, 2.75) is 45.0 Å². The summed E-state index contributed by atoms with van der Waals surface area (Å²) in [5.74, 6) is 0.367. The number of ether oxygens (including phenoxy) is 2. The van der Waals surface area contributed by atoms with Gasteiger partial charge < -0.3 is 25.4 Å². The minimum atomic E-state index is -0.554. The molecule has 0 aromatic carbocycles. The number of nitro groups is 1. The molecule has 0 unspecified atom stereocenters. The van der Waals surface area contributed by atoms with Crippen molar-refractivity contribution in [1.82, 2.24) is 9.97 Å². The van der Waals surface area contributed by atoms with Gasteiger partial charge in [-0.05, 0) is 26.7 Å². The van der Waals surface area contributed by atoms with E-state index in [1.54, 1.807) is 0 Å². The summed E-state index contributed by atoms with van der Waals surface area (Å²) in [5.41, 5.74) is 5.57. The fraction of sp³-hybridized carbons (Fsp3) is 0.733. The van der Waals surface area contributed by atoms with Crippen molar-refractivity contribution in [1.29, 1.82) is 0 Å². The number of anilines is 3. The Morgan fingerprint density at radius 1 is 1.36 bits per heavy atom.